The zero-order chi connectivity index (χ0) is 13.0. The molecule has 0 saturated carbocycles. The highest BCUT2D eigenvalue weighted by Crippen LogP contribution is 2.13. The van der Waals surface area contributed by atoms with Gasteiger partial charge in [-0.1, -0.05) is 6.42 Å². The van der Waals surface area contributed by atoms with Gasteiger partial charge in [-0.15, -0.1) is 0 Å². The summed E-state index contributed by atoms with van der Waals surface area (Å²) in [6.07, 6.45) is 4.60. The van der Waals surface area contributed by atoms with Crippen molar-refractivity contribution in [2.45, 2.75) is 45.6 Å². The van der Waals surface area contributed by atoms with Crippen LogP contribution in [0.15, 0.2) is 9.79 Å². The van der Waals surface area contributed by atoms with E-state index in [0.717, 1.165) is 42.8 Å². The van der Waals surface area contributed by atoms with E-state index in [0.29, 0.717) is 13.0 Å². The summed E-state index contributed by atoms with van der Waals surface area (Å²) < 4.78 is 1.52. The number of aromatic nitrogens is 2. The van der Waals surface area contributed by atoms with Gasteiger partial charge in [0, 0.05) is 18.0 Å². The van der Waals surface area contributed by atoms with Crippen molar-refractivity contribution in [2.24, 2.45) is 4.99 Å². The number of aliphatic imine (C=N–C) groups is 1. The van der Waals surface area contributed by atoms with Gasteiger partial charge in [-0.2, -0.15) is 5.26 Å². The average Bonchev–Trinajstić information content (AvgIpc) is 2.58. The Bertz CT molecular complexity index is 544. The fourth-order valence-electron chi connectivity index (χ4n) is 2.34. The molecule has 2 heterocycles. The molecule has 0 spiro atoms. The minimum atomic E-state index is -0.0385. The van der Waals surface area contributed by atoms with Gasteiger partial charge in [-0.05, 0) is 26.2 Å². The summed E-state index contributed by atoms with van der Waals surface area (Å²) in [6.45, 7) is 3.13. The number of hydrogen-bond acceptors (Lipinski definition) is 3. The SMILES string of the molecule is Cc1[nH]n(CCC#N)c(=O)c1C1=NCCCCC1. The van der Waals surface area contributed by atoms with Crippen LogP contribution in [0.2, 0.25) is 0 Å². The summed E-state index contributed by atoms with van der Waals surface area (Å²) in [4.78, 5) is 16.8. The summed E-state index contributed by atoms with van der Waals surface area (Å²) in [5, 5.41) is 11.6. The Labute approximate surface area is 106 Å². The number of hydrogen-bond donors (Lipinski definition) is 1. The van der Waals surface area contributed by atoms with E-state index in [1.807, 2.05) is 6.92 Å². The Morgan fingerprint density at radius 3 is 3.06 bits per heavy atom. The van der Waals surface area contributed by atoms with Crippen molar-refractivity contribution in [2.75, 3.05) is 6.54 Å². The first-order valence-corrected chi connectivity index (χ1v) is 6.44. The van der Waals surface area contributed by atoms with E-state index in [9.17, 15) is 4.79 Å². The van der Waals surface area contributed by atoms with Crippen LogP contribution in [0.25, 0.3) is 0 Å². The third kappa shape index (κ3) is 2.53. The zero-order valence-corrected chi connectivity index (χ0v) is 10.7. The van der Waals surface area contributed by atoms with Gasteiger partial charge in [-0.3, -0.25) is 19.6 Å². The van der Waals surface area contributed by atoms with E-state index < -0.39 is 0 Å². The number of nitrogens with zero attached hydrogens (tertiary/aromatic N) is 3. The number of nitriles is 1. The molecular weight excluding hydrogens is 228 g/mol. The number of aryl methyl sites for hydroxylation is 2. The Morgan fingerprint density at radius 2 is 2.28 bits per heavy atom. The molecule has 2 rings (SSSR count). The minimum absolute atomic E-state index is 0.0385. The van der Waals surface area contributed by atoms with Crippen molar-refractivity contribution in [1.29, 1.82) is 5.26 Å². The summed E-state index contributed by atoms with van der Waals surface area (Å²) in [5.41, 5.74) is 2.47. The molecule has 1 aromatic heterocycles. The molecule has 1 N–H and O–H groups in total. The number of aromatic amines is 1. The van der Waals surface area contributed by atoms with Crippen LogP contribution in [0.1, 0.15) is 43.4 Å². The molecule has 0 aromatic carbocycles. The van der Waals surface area contributed by atoms with Crippen LogP contribution >= 0.6 is 0 Å². The van der Waals surface area contributed by atoms with Gasteiger partial charge in [0.15, 0.2) is 0 Å². The molecule has 1 aromatic rings. The van der Waals surface area contributed by atoms with Crippen molar-refractivity contribution in [3.05, 3.63) is 21.6 Å². The highest BCUT2D eigenvalue weighted by molar-refractivity contribution is 6.01. The third-order valence-electron chi connectivity index (χ3n) is 3.25. The largest absolute Gasteiger partial charge is 0.299 e. The lowest BCUT2D eigenvalue weighted by molar-refractivity contribution is 0.603. The molecule has 0 atom stereocenters. The molecular formula is C13H18N4O. The highest BCUT2D eigenvalue weighted by Gasteiger charge is 2.17. The van der Waals surface area contributed by atoms with Gasteiger partial charge in [0.25, 0.3) is 5.56 Å². The second-order valence-corrected chi connectivity index (χ2v) is 4.62. The van der Waals surface area contributed by atoms with Gasteiger partial charge in [0.2, 0.25) is 0 Å². The Hall–Kier alpha value is -1.83. The lowest BCUT2D eigenvalue weighted by Gasteiger charge is -2.00. The summed E-state index contributed by atoms with van der Waals surface area (Å²) in [5.74, 6) is 0. The average molecular weight is 246 g/mol. The molecule has 1 aliphatic heterocycles. The van der Waals surface area contributed by atoms with Crippen molar-refractivity contribution in [1.82, 2.24) is 9.78 Å². The second-order valence-electron chi connectivity index (χ2n) is 4.62. The second kappa shape index (κ2) is 5.67. The molecule has 1 aliphatic rings. The maximum Gasteiger partial charge on any atom is 0.275 e. The predicted molar refractivity (Wildman–Crippen MR) is 69.9 cm³/mol. The molecule has 5 nitrogen and oxygen atoms in total. The molecule has 0 amide bonds. The quantitative estimate of drug-likeness (QED) is 0.882. The number of nitrogens with one attached hydrogen (secondary N) is 1. The predicted octanol–water partition coefficient (Wildman–Crippen LogP) is 1.76. The topological polar surface area (TPSA) is 73.9 Å². The number of H-pyrrole nitrogens is 1. The Kier molecular flexibility index (Phi) is 3.98. The van der Waals surface area contributed by atoms with E-state index in [2.05, 4.69) is 16.2 Å². The van der Waals surface area contributed by atoms with E-state index >= 15 is 0 Å². The van der Waals surface area contributed by atoms with Gasteiger partial charge in [0.1, 0.15) is 0 Å². The maximum absolute atomic E-state index is 12.2. The van der Waals surface area contributed by atoms with Crippen molar-refractivity contribution in [3.8, 4) is 6.07 Å². The van der Waals surface area contributed by atoms with Crippen molar-refractivity contribution < 1.29 is 0 Å². The molecule has 0 saturated heterocycles. The van der Waals surface area contributed by atoms with Gasteiger partial charge >= 0.3 is 0 Å². The van der Waals surface area contributed by atoms with Crippen LogP contribution in [0.3, 0.4) is 0 Å². The molecule has 0 radical (unpaired) electrons. The van der Waals surface area contributed by atoms with Gasteiger partial charge in [0.05, 0.1) is 24.6 Å². The van der Waals surface area contributed by atoms with Crippen LogP contribution in [0.4, 0.5) is 0 Å². The van der Waals surface area contributed by atoms with Crippen LogP contribution in [-0.2, 0) is 6.54 Å². The van der Waals surface area contributed by atoms with Gasteiger partial charge < -0.3 is 0 Å². The highest BCUT2D eigenvalue weighted by atomic mass is 16.1. The normalized spacial score (nSPS) is 15.9. The van der Waals surface area contributed by atoms with Crippen molar-refractivity contribution >= 4 is 5.71 Å². The molecule has 0 unspecified atom stereocenters. The first-order chi connectivity index (χ1) is 8.74. The molecule has 18 heavy (non-hydrogen) atoms. The summed E-state index contributed by atoms with van der Waals surface area (Å²) in [6, 6.07) is 2.05. The first-order valence-electron chi connectivity index (χ1n) is 6.44. The Balaban J connectivity index is 2.33. The smallest absolute Gasteiger partial charge is 0.275 e. The van der Waals surface area contributed by atoms with Crippen LogP contribution in [0, 0.1) is 18.3 Å². The van der Waals surface area contributed by atoms with E-state index in [1.165, 1.54) is 11.1 Å². The Morgan fingerprint density at radius 1 is 1.44 bits per heavy atom. The van der Waals surface area contributed by atoms with Gasteiger partial charge in [-0.25, -0.2) is 0 Å². The number of rotatable bonds is 3. The van der Waals surface area contributed by atoms with Crippen LogP contribution in [0.5, 0.6) is 0 Å². The summed E-state index contributed by atoms with van der Waals surface area (Å²) >= 11 is 0. The fraction of sp³-hybridized carbons (Fsp3) is 0.615. The minimum Gasteiger partial charge on any atom is -0.299 e. The monoisotopic (exact) mass is 246 g/mol. The standard InChI is InChI=1S/C13H18N4O/c1-10-12(11-6-3-2-4-8-15-11)13(18)17(16-10)9-5-7-14/h16H,2-6,8-9H2,1H3. The molecule has 96 valence electrons. The molecule has 0 bridgehead atoms. The lowest BCUT2D eigenvalue weighted by atomic mass is 10.1. The van der Waals surface area contributed by atoms with E-state index in [4.69, 9.17) is 5.26 Å². The van der Waals surface area contributed by atoms with E-state index in [-0.39, 0.29) is 5.56 Å². The van der Waals surface area contributed by atoms with Crippen molar-refractivity contribution in [3.63, 3.8) is 0 Å². The van der Waals surface area contributed by atoms with Crippen LogP contribution in [-0.4, -0.2) is 22.0 Å². The zero-order valence-electron chi connectivity index (χ0n) is 10.7. The van der Waals surface area contributed by atoms with Crippen LogP contribution < -0.4 is 5.56 Å². The lowest BCUT2D eigenvalue weighted by Crippen LogP contribution is -2.22. The maximum atomic E-state index is 12.2. The third-order valence-corrected chi connectivity index (χ3v) is 3.25. The summed E-state index contributed by atoms with van der Waals surface area (Å²) in [7, 11) is 0. The first kappa shape index (κ1) is 12.6. The van der Waals surface area contributed by atoms with E-state index in [1.54, 1.807) is 0 Å². The molecule has 5 heteroatoms. The fourth-order valence-corrected chi connectivity index (χ4v) is 2.34. The molecule has 0 aliphatic carbocycles. The molecule has 0 fully saturated rings.